The quantitative estimate of drug-likeness (QED) is 0.726. The second-order valence-corrected chi connectivity index (χ2v) is 10.5. The van der Waals surface area contributed by atoms with Gasteiger partial charge in [0.15, 0.2) is 0 Å². The first kappa shape index (κ1) is 19.2. The lowest BCUT2D eigenvalue weighted by Crippen LogP contribution is -2.61. The molecular formula is C23H43N3. The number of piperidine rings is 2. The van der Waals surface area contributed by atoms with Crippen LogP contribution in [0.2, 0.25) is 0 Å². The smallest absolute Gasteiger partial charge is 0.0289 e. The Balaban J connectivity index is 1.61. The van der Waals surface area contributed by atoms with Crippen LogP contribution in [0.1, 0.15) is 80.1 Å². The molecule has 3 heteroatoms. The van der Waals surface area contributed by atoms with Crippen molar-refractivity contribution in [3.05, 3.63) is 0 Å². The van der Waals surface area contributed by atoms with Crippen LogP contribution >= 0.6 is 0 Å². The number of hydrogen-bond donors (Lipinski definition) is 0. The highest BCUT2D eigenvalue weighted by molar-refractivity contribution is 5.18. The SMILES string of the molecule is CC(C)N1CCCCC1C1C2CC2C(C2CCCN2C(C)C)N1C(C)C. The van der Waals surface area contributed by atoms with Gasteiger partial charge in [0.05, 0.1) is 0 Å². The summed E-state index contributed by atoms with van der Waals surface area (Å²) in [6, 6.07) is 5.35. The molecule has 3 saturated heterocycles. The van der Waals surface area contributed by atoms with Crippen molar-refractivity contribution in [3.8, 4) is 0 Å². The second-order valence-electron chi connectivity index (χ2n) is 10.5. The molecule has 26 heavy (non-hydrogen) atoms. The van der Waals surface area contributed by atoms with Crippen LogP contribution in [0.15, 0.2) is 0 Å². The highest BCUT2D eigenvalue weighted by Gasteiger charge is 2.64. The minimum atomic E-state index is 0.684. The maximum Gasteiger partial charge on any atom is 0.0289 e. The van der Waals surface area contributed by atoms with Crippen molar-refractivity contribution in [2.45, 2.75) is 122 Å². The van der Waals surface area contributed by atoms with E-state index in [4.69, 9.17) is 0 Å². The Kier molecular flexibility index (Phi) is 5.44. The summed E-state index contributed by atoms with van der Waals surface area (Å²) in [7, 11) is 0. The third-order valence-electron chi connectivity index (χ3n) is 8.10. The predicted molar refractivity (Wildman–Crippen MR) is 110 cm³/mol. The van der Waals surface area contributed by atoms with Gasteiger partial charge in [0.2, 0.25) is 0 Å². The molecular weight excluding hydrogens is 318 g/mol. The minimum Gasteiger partial charge on any atom is -0.296 e. The Labute approximate surface area is 162 Å². The van der Waals surface area contributed by atoms with Crippen LogP contribution in [0.25, 0.3) is 0 Å². The van der Waals surface area contributed by atoms with Crippen molar-refractivity contribution in [1.82, 2.24) is 14.7 Å². The first-order valence-corrected chi connectivity index (χ1v) is 11.7. The van der Waals surface area contributed by atoms with Gasteiger partial charge in [-0.05, 0) is 98.6 Å². The molecule has 1 saturated carbocycles. The van der Waals surface area contributed by atoms with E-state index >= 15 is 0 Å². The molecule has 3 nitrogen and oxygen atoms in total. The summed E-state index contributed by atoms with van der Waals surface area (Å²) < 4.78 is 0. The molecule has 4 rings (SSSR count). The third kappa shape index (κ3) is 3.16. The molecule has 3 aliphatic heterocycles. The first-order chi connectivity index (χ1) is 12.4. The van der Waals surface area contributed by atoms with Gasteiger partial charge in [-0.15, -0.1) is 0 Å². The molecule has 0 aromatic heterocycles. The normalized spacial score (nSPS) is 42.3. The first-order valence-electron chi connectivity index (χ1n) is 11.7. The highest BCUT2D eigenvalue weighted by atomic mass is 15.4. The van der Waals surface area contributed by atoms with Crippen molar-refractivity contribution in [2.75, 3.05) is 13.1 Å². The van der Waals surface area contributed by atoms with Gasteiger partial charge >= 0.3 is 0 Å². The molecule has 6 atom stereocenters. The molecule has 6 unspecified atom stereocenters. The van der Waals surface area contributed by atoms with Gasteiger partial charge in [-0.1, -0.05) is 6.42 Å². The van der Waals surface area contributed by atoms with E-state index in [9.17, 15) is 0 Å². The summed E-state index contributed by atoms with van der Waals surface area (Å²) in [6.07, 6.45) is 8.64. The van der Waals surface area contributed by atoms with Gasteiger partial charge in [-0.3, -0.25) is 14.7 Å². The fourth-order valence-electron chi connectivity index (χ4n) is 7.13. The van der Waals surface area contributed by atoms with E-state index in [0.29, 0.717) is 18.1 Å². The lowest BCUT2D eigenvalue weighted by molar-refractivity contribution is -0.00977. The average molecular weight is 362 g/mol. The topological polar surface area (TPSA) is 9.72 Å². The molecule has 0 aromatic rings. The molecule has 150 valence electrons. The lowest BCUT2D eigenvalue weighted by atomic mass is 9.90. The summed E-state index contributed by atoms with van der Waals surface area (Å²) in [4.78, 5) is 8.75. The predicted octanol–water partition coefficient (Wildman–Crippen LogP) is 4.22. The van der Waals surface area contributed by atoms with Crippen LogP contribution in [0, 0.1) is 11.8 Å². The standard InChI is InChI=1S/C23H43N3/c1-15(2)24-12-8-7-10-20(24)22-18-14-19(18)23(26(22)17(5)6)21-11-9-13-25(21)16(3)4/h15-23H,7-14H2,1-6H3. The molecule has 3 heterocycles. The fourth-order valence-corrected chi connectivity index (χ4v) is 7.13. The van der Waals surface area contributed by atoms with Crippen molar-refractivity contribution in [2.24, 2.45) is 11.8 Å². The van der Waals surface area contributed by atoms with Crippen LogP contribution in [0.3, 0.4) is 0 Å². The van der Waals surface area contributed by atoms with E-state index in [1.807, 2.05) is 0 Å². The van der Waals surface area contributed by atoms with Gasteiger partial charge in [-0.25, -0.2) is 0 Å². The van der Waals surface area contributed by atoms with Gasteiger partial charge in [-0.2, -0.15) is 0 Å². The van der Waals surface area contributed by atoms with E-state index in [2.05, 4.69) is 56.2 Å². The monoisotopic (exact) mass is 361 g/mol. The van der Waals surface area contributed by atoms with E-state index in [1.165, 1.54) is 51.6 Å². The van der Waals surface area contributed by atoms with E-state index in [0.717, 1.165) is 36.0 Å². The summed E-state index contributed by atoms with van der Waals surface area (Å²) in [5.74, 6) is 1.98. The molecule has 0 N–H and O–H groups in total. The zero-order chi connectivity index (χ0) is 18.6. The second kappa shape index (κ2) is 7.37. The maximum atomic E-state index is 3.04. The number of rotatable bonds is 5. The Bertz CT molecular complexity index is 488. The van der Waals surface area contributed by atoms with E-state index in [-0.39, 0.29) is 0 Å². The largest absolute Gasteiger partial charge is 0.296 e. The molecule has 0 spiro atoms. The Morgan fingerprint density at radius 1 is 0.615 bits per heavy atom. The molecule has 0 aromatic carbocycles. The van der Waals surface area contributed by atoms with E-state index < -0.39 is 0 Å². The fraction of sp³-hybridized carbons (Fsp3) is 1.00. The summed E-state index contributed by atoms with van der Waals surface area (Å²) in [5.41, 5.74) is 0. The van der Waals surface area contributed by atoms with Crippen molar-refractivity contribution >= 4 is 0 Å². The van der Waals surface area contributed by atoms with Crippen molar-refractivity contribution < 1.29 is 0 Å². The Hall–Kier alpha value is -0.120. The van der Waals surface area contributed by atoms with E-state index in [1.54, 1.807) is 0 Å². The van der Waals surface area contributed by atoms with Gasteiger partial charge < -0.3 is 0 Å². The number of likely N-dealkylation sites (tertiary alicyclic amines) is 3. The molecule has 0 radical (unpaired) electrons. The molecule has 1 aliphatic carbocycles. The molecule has 0 bridgehead atoms. The molecule has 4 fully saturated rings. The van der Waals surface area contributed by atoms with Crippen molar-refractivity contribution in [1.29, 1.82) is 0 Å². The maximum absolute atomic E-state index is 3.04. The van der Waals surface area contributed by atoms with Crippen LogP contribution in [0.4, 0.5) is 0 Å². The number of hydrogen-bond acceptors (Lipinski definition) is 3. The Morgan fingerprint density at radius 3 is 1.62 bits per heavy atom. The van der Waals surface area contributed by atoms with Gasteiger partial charge in [0.1, 0.15) is 0 Å². The molecule has 4 aliphatic rings. The van der Waals surface area contributed by atoms with Crippen molar-refractivity contribution in [3.63, 3.8) is 0 Å². The van der Waals surface area contributed by atoms with Crippen LogP contribution in [-0.2, 0) is 0 Å². The van der Waals surface area contributed by atoms with Gasteiger partial charge in [0, 0.05) is 42.3 Å². The number of nitrogens with zero attached hydrogens (tertiary/aromatic N) is 3. The number of fused-ring (bicyclic) bond motifs is 1. The zero-order valence-corrected chi connectivity index (χ0v) is 18.2. The summed E-state index contributed by atoms with van der Waals surface area (Å²) in [6.45, 7) is 17.3. The Morgan fingerprint density at radius 2 is 1.12 bits per heavy atom. The third-order valence-corrected chi connectivity index (χ3v) is 8.10. The highest BCUT2D eigenvalue weighted by Crippen LogP contribution is 2.58. The minimum absolute atomic E-state index is 0.684. The van der Waals surface area contributed by atoms with Crippen LogP contribution in [0.5, 0.6) is 0 Å². The zero-order valence-electron chi connectivity index (χ0n) is 18.2. The van der Waals surface area contributed by atoms with Gasteiger partial charge in [0.25, 0.3) is 0 Å². The molecule has 0 amide bonds. The van der Waals surface area contributed by atoms with Crippen LogP contribution in [-0.4, -0.2) is 70.1 Å². The summed E-state index contributed by atoms with van der Waals surface area (Å²) in [5, 5.41) is 0. The average Bonchev–Trinajstić information content (AvgIpc) is 3.07. The van der Waals surface area contributed by atoms with Crippen LogP contribution < -0.4 is 0 Å². The summed E-state index contributed by atoms with van der Waals surface area (Å²) >= 11 is 0. The lowest BCUT2D eigenvalue weighted by Gasteiger charge is -2.49.